The van der Waals surface area contributed by atoms with Crippen molar-refractivity contribution in [1.29, 1.82) is 0 Å². The first-order valence-corrected chi connectivity index (χ1v) is 10.7. The second kappa shape index (κ2) is 10.1. The molecule has 0 fully saturated rings. The topological polar surface area (TPSA) is 113 Å². The Labute approximate surface area is 178 Å². The van der Waals surface area contributed by atoms with E-state index >= 15 is 0 Å². The van der Waals surface area contributed by atoms with Crippen molar-refractivity contribution in [3.05, 3.63) is 54.1 Å². The van der Waals surface area contributed by atoms with E-state index in [1.165, 1.54) is 11.8 Å². The molecule has 0 heterocycles. The summed E-state index contributed by atoms with van der Waals surface area (Å²) in [4.78, 5) is 36.6. The Morgan fingerprint density at radius 1 is 0.935 bits per heavy atom. The van der Waals surface area contributed by atoms with Crippen LogP contribution in [0.25, 0.3) is 0 Å². The molecule has 0 atom stereocenters. The minimum Gasteiger partial charge on any atom is -0.330 e. The molecule has 0 aliphatic heterocycles. The number of alkyl halides is 2. The predicted molar refractivity (Wildman–Crippen MR) is 111 cm³/mol. The summed E-state index contributed by atoms with van der Waals surface area (Å²) in [5, 5.41) is 5.22. The highest BCUT2D eigenvalue weighted by Crippen LogP contribution is 2.19. The van der Waals surface area contributed by atoms with E-state index in [0.29, 0.717) is 11.4 Å². The Balaban J connectivity index is 2.04. The molecule has 3 amide bonds. The van der Waals surface area contributed by atoms with Gasteiger partial charge in [0.1, 0.15) is 6.54 Å². The van der Waals surface area contributed by atoms with E-state index in [9.17, 15) is 31.6 Å². The molecule has 2 rings (SSSR count). The van der Waals surface area contributed by atoms with Gasteiger partial charge in [-0.25, -0.2) is 8.42 Å². The minimum atomic E-state index is -4.75. The van der Waals surface area contributed by atoms with Gasteiger partial charge in [0, 0.05) is 30.4 Å². The minimum absolute atomic E-state index is 0.0579. The van der Waals surface area contributed by atoms with Gasteiger partial charge in [0.25, 0.3) is 5.91 Å². The maximum absolute atomic E-state index is 12.6. The van der Waals surface area contributed by atoms with Gasteiger partial charge in [0.15, 0.2) is 0 Å². The molecule has 11 heteroatoms. The highest BCUT2D eigenvalue weighted by Gasteiger charge is 2.27. The van der Waals surface area contributed by atoms with Crippen molar-refractivity contribution in [3.63, 3.8) is 0 Å². The molecule has 2 aromatic rings. The molecule has 2 N–H and O–H groups in total. The monoisotopic (exact) mass is 453 g/mol. The number of nitrogens with zero attached hydrogens (tertiary/aromatic N) is 1. The Morgan fingerprint density at radius 2 is 1.45 bits per heavy atom. The zero-order valence-corrected chi connectivity index (χ0v) is 17.6. The van der Waals surface area contributed by atoms with E-state index in [-0.39, 0.29) is 24.6 Å². The van der Waals surface area contributed by atoms with Gasteiger partial charge in [0.05, 0.1) is 4.90 Å². The van der Waals surface area contributed by atoms with Crippen LogP contribution in [0.1, 0.15) is 24.2 Å². The van der Waals surface area contributed by atoms with E-state index < -0.39 is 32.3 Å². The first-order valence-electron chi connectivity index (χ1n) is 9.13. The van der Waals surface area contributed by atoms with Crippen LogP contribution in [-0.4, -0.2) is 49.9 Å². The number of likely N-dealkylation sites (N-methyl/N-ethyl adjacent to an activating group) is 1. The first kappa shape index (κ1) is 23.9. The molecule has 2 aromatic carbocycles. The van der Waals surface area contributed by atoms with E-state index in [2.05, 4.69) is 10.6 Å². The van der Waals surface area contributed by atoms with E-state index in [4.69, 9.17) is 0 Å². The van der Waals surface area contributed by atoms with Crippen molar-refractivity contribution < 1.29 is 31.6 Å². The van der Waals surface area contributed by atoms with E-state index in [1.54, 1.807) is 31.2 Å². The van der Waals surface area contributed by atoms with Crippen molar-refractivity contribution in [2.75, 3.05) is 23.7 Å². The number of amides is 3. The summed E-state index contributed by atoms with van der Waals surface area (Å²) < 4.78 is 48.2. The predicted octanol–water partition coefficient (Wildman–Crippen LogP) is 2.74. The highest BCUT2D eigenvalue weighted by molar-refractivity contribution is 7.91. The second-order valence-corrected chi connectivity index (χ2v) is 8.37. The van der Waals surface area contributed by atoms with Gasteiger partial charge in [-0.15, -0.1) is 0 Å². The number of anilines is 2. The lowest BCUT2D eigenvalue weighted by Gasteiger charge is -2.20. The van der Waals surface area contributed by atoms with Gasteiger partial charge in [-0.05, 0) is 55.5 Å². The standard InChI is InChI=1S/C20H21F2N3O5S/c1-3-25(12-18(27)24-16-8-6-15(7-9-16)23-13(2)26)19(28)14-4-10-17(11-5-14)31(29,30)20(21)22/h4-11,20H,3,12H2,1-2H3,(H,23,26)(H,24,27). The second-order valence-electron chi connectivity index (χ2n) is 6.46. The average molecular weight is 453 g/mol. The van der Waals surface area contributed by atoms with Crippen LogP contribution in [0.3, 0.4) is 0 Å². The number of nitrogens with one attached hydrogen (secondary N) is 2. The summed E-state index contributed by atoms with van der Waals surface area (Å²) in [6.07, 6.45) is 0. The Hall–Kier alpha value is -3.34. The number of carbonyl (C=O) groups is 3. The molecular formula is C20H21F2N3O5S. The van der Waals surface area contributed by atoms with Crippen LogP contribution < -0.4 is 10.6 Å². The number of hydrogen-bond acceptors (Lipinski definition) is 5. The van der Waals surface area contributed by atoms with Gasteiger partial charge >= 0.3 is 5.76 Å². The van der Waals surface area contributed by atoms with Crippen LogP contribution in [0.4, 0.5) is 20.2 Å². The van der Waals surface area contributed by atoms with Crippen molar-refractivity contribution >= 4 is 38.9 Å². The number of halogens is 2. The third-order valence-corrected chi connectivity index (χ3v) is 5.56. The van der Waals surface area contributed by atoms with Gasteiger partial charge in [-0.3, -0.25) is 14.4 Å². The van der Waals surface area contributed by atoms with Crippen molar-refractivity contribution in [2.24, 2.45) is 0 Å². The van der Waals surface area contributed by atoms with Crippen LogP contribution in [0, 0.1) is 0 Å². The van der Waals surface area contributed by atoms with Gasteiger partial charge in [-0.1, -0.05) is 0 Å². The van der Waals surface area contributed by atoms with Crippen molar-refractivity contribution in [1.82, 2.24) is 4.90 Å². The Morgan fingerprint density at radius 3 is 1.90 bits per heavy atom. The number of benzene rings is 2. The van der Waals surface area contributed by atoms with Gasteiger partial charge in [-0.2, -0.15) is 8.78 Å². The fraction of sp³-hybridized carbons (Fsp3) is 0.250. The SMILES string of the molecule is CCN(CC(=O)Nc1ccc(NC(C)=O)cc1)C(=O)c1ccc(S(=O)(=O)C(F)F)cc1. The molecule has 0 saturated heterocycles. The summed E-state index contributed by atoms with van der Waals surface area (Å²) >= 11 is 0. The van der Waals surface area contributed by atoms with Crippen molar-refractivity contribution in [3.8, 4) is 0 Å². The molecule has 0 aliphatic carbocycles. The summed E-state index contributed by atoms with van der Waals surface area (Å²) in [6.45, 7) is 2.94. The quantitative estimate of drug-likeness (QED) is 0.638. The molecule has 0 aliphatic rings. The summed E-state index contributed by atoms with van der Waals surface area (Å²) in [5.41, 5.74) is 1.08. The Bertz CT molecular complexity index is 1060. The summed E-state index contributed by atoms with van der Waals surface area (Å²) in [6, 6.07) is 10.5. The maximum atomic E-state index is 12.6. The summed E-state index contributed by atoms with van der Waals surface area (Å²) in [5.74, 6) is -4.81. The maximum Gasteiger partial charge on any atom is 0.341 e. The van der Waals surface area contributed by atoms with Gasteiger partial charge in [0.2, 0.25) is 21.7 Å². The lowest BCUT2D eigenvalue weighted by Crippen LogP contribution is -2.37. The summed E-state index contributed by atoms with van der Waals surface area (Å²) in [7, 11) is -4.75. The van der Waals surface area contributed by atoms with Crippen LogP contribution in [0.2, 0.25) is 0 Å². The number of hydrogen-bond donors (Lipinski definition) is 2. The Kier molecular flexibility index (Phi) is 7.81. The third kappa shape index (κ3) is 6.32. The third-order valence-electron chi connectivity index (χ3n) is 4.16. The highest BCUT2D eigenvalue weighted by atomic mass is 32.2. The molecule has 8 nitrogen and oxygen atoms in total. The van der Waals surface area contributed by atoms with Crippen LogP contribution >= 0.6 is 0 Å². The van der Waals surface area contributed by atoms with Crippen LogP contribution in [-0.2, 0) is 19.4 Å². The number of rotatable bonds is 8. The fourth-order valence-electron chi connectivity index (χ4n) is 2.61. The molecule has 0 spiro atoms. The number of sulfone groups is 1. The molecule has 0 saturated carbocycles. The lowest BCUT2D eigenvalue weighted by molar-refractivity contribution is -0.117. The van der Waals surface area contributed by atoms with Crippen molar-refractivity contribution in [2.45, 2.75) is 24.5 Å². The molecule has 0 unspecified atom stereocenters. The smallest absolute Gasteiger partial charge is 0.330 e. The number of carbonyl (C=O) groups excluding carboxylic acids is 3. The lowest BCUT2D eigenvalue weighted by atomic mass is 10.2. The van der Waals surface area contributed by atoms with Crippen LogP contribution in [0.15, 0.2) is 53.4 Å². The molecule has 0 bridgehead atoms. The molecule has 31 heavy (non-hydrogen) atoms. The first-order chi connectivity index (χ1) is 14.5. The van der Waals surface area contributed by atoms with E-state index in [0.717, 1.165) is 24.3 Å². The zero-order valence-electron chi connectivity index (χ0n) is 16.8. The fourth-order valence-corrected chi connectivity index (χ4v) is 3.34. The molecule has 0 aromatic heterocycles. The van der Waals surface area contributed by atoms with Crippen LogP contribution in [0.5, 0.6) is 0 Å². The van der Waals surface area contributed by atoms with E-state index in [1.807, 2.05) is 0 Å². The largest absolute Gasteiger partial charge is 0.341 e. The normalized spacial score (nSPS) is 11.1. The average Bonchev–Trinajstić information content (AvgIpc) is 2.72. The molecule has 166 valence electrons. The zero-order chi connectivity index (χ0) is 23.2. The molecular weight excluding hydrogens is 432 g/mol. The molecule has 0 radical (unpaired) electrons. The van der Waals surface area contributed by atoms with Gasteiger partial charge < -0.3 is 15.5 Å².